The smallest absolute Gasteiger partial charge is 0.0177 e. The van der Waals surface area contributed by atoms with Gasteiger partial charge in [-0.05, 0) is 56.0 Å². The summed E-state index contributed by atoms with van der Waals surface area (Å²) in [4.78, 5) is 4.96. The number of halogens is 2. The molecule has 0 fully saturated rings. The number of fused-ring (bicyclic) bond motifs is 3. The van der Waals surface area contributed by atoms with Gasteiger partial charge in [0.1, 0.15) is 0 Å². The van der Waals surface area contributed by atoms with E-state index < -0.39 is 0 Å². The second-order valence-electron chi connectivity index (χ2n) is 10.7. The van der Waals surface area contributed by atoms with Gasteiger partial charge in [-0.2, -0.15) is 0 Å². The van der Waals surface area contributed by atoms with Gasteiger partial charge in [0, 0.05) is 63.4 Å². The predicted molar refractivity (Wildman–Crippen MR) is 177 cm³/mol. The SMILES string of the molecule is CCN(CC)c1ccc2c(c1)[C-]=c1c-2cc(=C(c2ccccc2)c2ccccc2)c(N(CC)CC)c1C1=CC=CC1.[Cl-].[Cl-].[Hf]. The fourth-order valence-corrected chi connectivity index (χ4v) is 6.50. The van der Waals surface area contributed by atoms with Crippen molar-refractivity contribution in [2.45, 2.75) is 34.1 Å². The molecular formula is C39H39Cl2HfN2-3. The van der Waals surface area contributed by atoms with Gasteiger partial charge in [-0.3, -0.25) is 0 Å². The Bertz CT molecular complexity index is 1710. The largest absolute Gasteiger partial charge is 1.00 e. The third kappa shape index (κ3) is 6.57. The normalized spacial score (nSPS) is 12.0. The molecule has 6 rings (SSSR count). The average Bonchev–Trinajstić information content (AvgIpc) is 3.68. The predicted octanol–water partition coefficient (Wildman–Crippen LogP) is 1.66. The Labute approximate surface area is 294 Å². The molecule has 0 heterocycles. The van der Waals surface area contributed by atoms with E-state index in [-0.39, 0.29) is 50.7 Å². The molecule has 226 valence electrons. The van der Waals surface area contributed by atoms with Gasteiger partial charge in [-0.1, -0.05) is 114 Å². The topological polar surface area (TPSA) is 6.48 Å². The molecule has 0 aliphatic heterocycles. The van der Waals surface area contributed by atoms with Gasteiger partial charge in [0.05, 0.1) is 0 Å². The molecule has 0 spiro atoms. The van der Waals surface area contributed by atoms with Crippen molar-refractivity contribution in [3.8, 4) is 11.1 Å². The summed E-state index contributed by atoms with van der Waals surface area (Å²) in [5.74, 6) is 0. The van der Waals surface area contributed by atoms with E-state index in [1.807, 2.05) is 0 Å². The van der Waals surface area contributed by atoms with Crippen LogP contribution in [-0.4, -0.2) is 26.2 Å². The summed E-state index contributed by atoms with van der Waals surface area (Å²) in [6.45, 7) is 12.9. The van der Waals surface area contributed by atoms with Crippen molar-refractivity contribution in [2.75, 3.05) is 36.0 Å². The van der Waals surface area contributed by atoms with E-state index in [9.17, 15) is 0 Å². The fraction of sp³-hybridized carbons (Fsp3) is 0.231. The van der Waals surface area contributed by atoms with Crippen LogP contribution in [0.5, 0.6) is 0 Å². The molecule has 0 radical (unpaired) electrons. The Morgan fingerprint density at radius 1 is 0.705 bits per heavy atom. The minimum absolute atomic E-state index is 0. The van der Waals surface area contributed by atoms with Crippen LogP contribution in [0.4, 0.5) is 11.4 Å². The first kappa shape index (κ1) is 35.6. The van der Waals surface area contributed by atoms with Gasteiger partial charge in [0.25, 0.3) is 0 Å². The molecule has 0 amide bonds. The number of rotatable bonds is 9. The van der Waals surface area contributed by atoms with E-state index in [1.165, 1.54) is 66.3 Å². The molecule has 2 aliphatic carbocycles. The molecule has 0 atom stereocenters. The van der Waals surface area contributed by atoms with Crippen LogP contribution in [-0.2, 0) is 25.8 Å². The third-order valence-electron chi connectivity index (χ3n) is 8.55. The number of allylic oxidation sites excluding steroid dienone is 4. The maximum Gasteiger partial charge on any atom is 0.0177 e. The van der Waals surface area contributed by atoms with Crippen LogP contribution in [0.15, 0.2) is 103 Å². The summed E-state index contributed by atoms with van der Waals surface area (Å²) in [6.07, 6.45) is 11.7. The number of benzene rings is 4. The number of anilines is 2. The van der Waals surface area contributed by atoms with Crippen molar-refractivity contribution in [3.05, 3.63) is 136 Å². The maximum absolute atomic E-state index is 3.92. The summed E-state index contributed by atoms with van der Waals surface area (Å²) in [7, 11) is 0. The zero-order valence-electron chi connectivity index (χ0n) is 26.0. The van der Waals surface area contributed by atoms with Crippen molar-refractivity contribution >= 4 is 28.6 Å². The van der Waals surface area contributed by atoms with Crippen LogP contribution in [0.2, 0.25) is 0 Å². The first-order valence-corrected chi connectivity index (χ1v) is 15.1. The minimum atomic E-state index is 0. The zero-order valence-corrected chi connectivity index (χ0v) is 31.1. The molecule has 0 bridgehead atoms. The monoisotopic (exact) mass is 785 g/mol. The van der Waals surface area contributed by atoms with Crippen molar-refractivity contribution in [1.29, 1.82) is 0 Å². The Hall–Kier alpha value is -2.85. The van der Waals surface area contributed by atoms with E-state index in [0.717, 1.165) is 32.6 Å². The molecular weight excluding hydrogens is 746 g/mol. The summed E-state index contributed by atoms with van der Waals surface area (Å²) in [6, 6.07) is 31.2. The van der Waals surface area contributed by atoms with Crippen LogP contribution in [0.25, 0.3) is 28.3 Å². The Balaban J connectivity index is 0.00000176. The molecule has 5 heteroatoms. The summed E-state index contributed by atoms with van der Waals surface area (Å²) >= 11 is 0. The first-order valence-electron chi connectivity index (χ1n) is 15.1. The molecule has 0 saturated heterocycles. The number of hydrogen-bond donors (Lipinski definition) is 0. The van der Waals surface area contributed by atoms with Crippen LogP contribution in [0.3, 0.4) is 0 Å². The number of nitrogens with zero attached hydrogens (tertiary/aromatic N) is 2. The van der Waals surface area contributed by atoms with Gasteiger partial charge < -0.3 is 34.6 Å². The molecule has 0 saturated carbocycles. The fourth-order valence-electron chi connectivity index (χ4n) is 6.50. The molecule has 0 aromatic heterocycles. The van der Waals surface area contributed by atoms with Crippen LogP contribution in [0, 0.1) is 0 Å². The van der Waals surface area contributed by atoms with Crippen molar-refractivity contribution in [3.63, 3.8) is 0 Å². The molecule has 4 aromatic rings. The van der Waals surface area contributed by atoms with Gasteiger partial charge in [-0.15, -0.1) is 28.0 Å². The number of hydrogen-bond acceptors (Lipinski definition) is 2. The summed E-state index contributed by atoms with van der Waals surface area (Å²) in [5.41, 5.74) is 12.8. The van der Waals surface area contributed by atoms with E-state index in [4.69, 9.17) is 0 Å². The van der Waals surface area contributed by atoms with Gasteiger partial charge in [0.15, 0.2) is 0 Å². The second-order valence-corrected chi connectivity index (χ2v) is 10.7. The third-order valence-corrected chi connectivity index (χ3v) is 8.55. The first-order chi connectivity index (χ1) is 20.2. The minimum Gasteiger partial charge on any atom is -1.00 e. The molecule has 2 aliphatic rings. The van der Waals surface area contributed by atoms with Crippen LogP contribution in [0.1, 0.15) is 56.4 Å². The van der Waals surface area contributed by atoms with Gasteiger partial charge >= 0.3 is 0 Å². The van der Waals surface area contributed by atoms with Gasteiger partial charge in [0.2, 0.25) is 0 Å². The van der Waals surface area contributed by atoms with Crippen LogP contribution >= 0.6 is 0 Å². The van der Waals surface area contributed by atoms with Gasteiger partial charge in [-0.25, -0.2) is 0 Å². The Morgan fingerprint density at radius 3 is 1.82 bits per heavy atom. The van der Waals surface area contributed by atoms with E-state index in [0.29, 0.717) is 0 Å². The zero-order chi connectivity index (χ0) is 28.3. The second kappa shape index (κ2) is 15.9. The summed E-state index contributed by atoms with van der Waals surface area (Å²) in [5, 5.41) is 2.52. The standard InChI is InChI=1S/C39H39N2.2ClH.Hf/c1-5-40(6-2)32-23-24-33-31(25-32)26-35-34(33)27-36(39(41(7-3)8-4)38(35)30-21-15-16-22-30)37(28-17-11-9-12-18-28)29-19-13-10-14-20-29;;;/h9-21,23-25,27H,5-8,22H2,1-4H3;2*1H;/q-1;;;/p-2. The van der Waals surface area contributed by atoms with Crippen molar-refractivity contribution < 1.29 is 50.7 Å². The molecule has 4 aromatic carbocycles. The Kier molecular flexibility index (Phi) is 12.9. The summed E-state index contributed by atoms with van der Waals surface area (Å²) < 4.78 is 0. The molecule has 0 N–H and O–H groups in total. The quantitative estimate of drug-likeness (QED) is 0.166. The average molecular weight is 785 g/mol. The van der Waals surface area contributed by atoms with Crippen LogP contribution < -0.4 is 45.1 Å². The van der Waals surface area contributed by atoms with E-state index in [2.05, 4.69) is 147 Å². The van der Waals surface area contributed by atoms with E-state index in [1.54, 1.807) is 0 Å². The van der Waals surface area contributed by atoms with E-state index >= 15 is 0 Å². The molecule has 0 unspecified atom stereocenters. The molecule has 2 nitrogen and oxygen atoms in total. The molecule has 44 heavy (non-hydrogen) atoms. The van der Waals surface area contributed by atoms with Crippen molar-refractivity contribution in [1.82, 2.24) is 0 Å². The van der Waals surface area contributed by atoms with Crippen molar-refractivity contribution in [2.24, 2.45) is 0 Å². The Morgan fingerprint density at radius 2 is 1.30 bits per heavy atom. The maximum atomic E-state index is 3.92.